The molecule has 9 nitrogen and oxygen atoms in total. The van der Waals surface area contributed by atoms with Crippen molar-refractivity contribution in [1.29, 1.82) is 5.26 Å². The van der Waals surface area contributed by atoms with Crippen LogP contribution in [0.25, 0.3) is 33.5 Å². The molecule has 2 heterocycles. The van der Waals surface area contributed by atoms with E-state index in [-0.39, 0.29) is 17.7 Å². The van der Waals surface area contributed by atoms with E-state index in [1.807, 2.05) is 6.07 Å². The van der Waals surface area contributed by atoms with Gasteiger partial charge in [0.05, 0.1) is 41.2 Å². The Hall–Kier alpha value is -4.85. The van der Waals surface area contributed by atoms with Gasteiger partial charge < -0.3 is 10.1 Å². The molecule has 4 rings (SSSR count). The quantitative estimate of drug-likeness (QED) is 0.369. The molecule has 2 N–H and O–H groups in total. The van der Waals surface area contributed by atoms with Crippen molar-refractivity contribution in [3.63, 3.8) is 0 Å². The lowest BCUT2D eigenvalue weighted by Crippen LogP contribution is -2.32. The summed E-state index contributed by atoms with van der Waals surface area (Å²) in [6.07, 6.45) is 2.49. The number of nitrogens with one attached hydrogen (secondary N) is 2. The number of ether oxygens (including phenoxy) is 1. The van der Waals surface area contributed by atoms with Crippen LogP contribution >= 0.6 is 0 Å². The molecule has 0 atom stereocenters. The minimum atomic E-state index is -1.06. The summed E-state index contributed by atoms with van der Waals surface area (Å²) in [5, 5.41) is 24.1. The fourth-order valence-electron chi connectivity index (χ4n) is 3.81. The normalized spacial score (nSPS) is 11.9. The molecule has 4 aromatic rings. The van der Waals surface area contributed by atoms with Gasteiger partial charge in [0.2, 0.25) is 0 Å². The molecule has 2 aromatic heterocycles. The Morgan fingerprint density at radius 3 is 2.63 bits per heavy atom. The Labute approximate surface area is 216 Å². The topological polar surface area (TPSA) is 126 Å². The van der Waals surface area contributed by atoms with E-state index >= 15 is 0 Å². The van der Waals surface area contributed by atoms with Crippen molar-refractivity contribution < 1.29 is 18.3 Å². The van der Waals surface area contributed by atoms with Crippen LogP contribution in [0.1, 0.15) is 37.7 Å². The monoisotopic (exact) mass is 518 g/mol. The second-order valence-corrected chi connectivity index (χ2v) is 9.48. The van der Waals surface area contributed by atoms with Crippen LogP contribution < -0.4 is 10.9 Å². The Morgan fingerprint density at radius 2 is 1.95 bits per heavy atom. The highest BCUT2D eigenvalue weighted by Crippen LogP contribution is 2.30. The average Bonchev–Trinajstić information content (AvgIpc) is 3.22. The lowest BCUT2D eigenvalue weighted by Gasteiger charge is -2.19. The number of amides is 1. The molecule has 0 unspecified atom stereocenters. The van der Waals surface area contributed by atoms with Gasteiger partial charge in [-0.05, 0) is 62.2 Å². The van der Waals surface area contributed by atoms with E-state index < -0.39 is 28.9 Å². The number of aryl methyl sites for hydroxylation is 1. The third-order valence-electron chi connectivity index (χ3n) is 5.59. The molecule has 11 heteroatoms. The number of halogens is 2. The van der Waals surface area contributed by atoms with Gasteiger partial charge in [-0.2, -0.15) is 15.5 Å². The number of fused-ring (bicyclic) bond motifs is 1. The van der Waals surface area contributed by atoms with Gasteiger partial charge in [-0.3, -0.25) is 9.48 Å². The number of allylic oxidation sites excluding steroid dienone is 1. The molecule has 0 aliphatic heterocycles. The zero-order valence-corrected chi connectivity index (χ0v) is 21.1. The van der Waals surface area contributed by atoms with Gasteiger partial charge in [0.1, 0.15) is 5.60 Å². The van der Waals surface area contributed by atoms with E-state index in [4.69, 9.17) is 4.74 Å². The van der Waals surface area contributed by atoms with Crippen LogP contribution in [0.15, 0.2) is 47.4 Å². The summed E-state index contributed by atoms with van der Waals surface area (Å²) in [6.45, 7) is 5.24. The van der Waals surface area contributed by atoms with E-state index in [1.165, 1.54) is 16.8 Å². The minimum absolute atomic E-state index is 0.000156. The first-order valence-electron chi connectivity index (χ1n) is 11.5. The molecule has 194 valence electrons. The second-order valence-electron chi connectivity index (χ2n) is 9.48. The number of alkyl carbamates (subject to hydrolysis) is 1. The molecular weight excluding hydrogens is 494 g/mol. The maximum absolute atomic E-state index is 13.8. The predicted octanol–water partition coefficient (Wildman–Crippen LogP) is 4.69. The highest BCUT2D eigenvalue weighted by Gasteiger charge is 2.18. The van der Waals surface area contributed by atoms with Crippen LogP contribution in [0.5, 0.6) is 0 Å². The van der Waals surface area contributed by atoms with Crippen molar-refractivity contribution in [3.8, 4) is 17.2 Å². The summed E-state index contributed by atoms with van der Waals surface area (Å²) in [6, 6.07) is 10.3. The molecule has 0 saturated carbocycles. The van der Waals surface area contributed by atoms with Gasteiger partial charge in [0, 0.05) is 18.0 Å². The highest BCUT2D eigenvalue weighted by atomic mass is 19.2. The summed E-state index contributed by atoms with van der Waals surface area (Å²) in [5.41, 5.74) is 1.46. The summed E-state index contributed by atoms with van der Waals surface area (Å²) >= 11 is 0. The Bertz CT molecular complexity index is 1680. The Kier molecular flexibility index (Phi) is 7.08. The van der Waals surface area contributed by atoms with Gasteiger partial charge in [0.25, 0.3) is 5.56 Å². The first-order valence-corrected chi connectivity index (χ1v) is 11.5. The number of hydrogen-bond acceptors (Lipinski definition) is 6. The molecule has 0 radical (unpaired) electrons. The summed E-state index contributed by atoms with van der Waals surface area (Å²) in [7, 11) is 1.68. The van der Waals surface area contributed by atoms with Gasteiger partial charge in [0.15, 0.2) is 11.6 Å². The number of hydrogen-bond donors (Lipinski definition) is 2. The molecule has 0 saturated heterocycles. The molecule has 1 amide bonds. The standard InChI is InChI=1S/C27H24F2N6O3/c1-27(2,3)38-26(37)31-14-23-19-9-16(5-7-18(19)25(36)34-33-23)20-13-32-35(4)24(20)11-17(12-30)15-6-8-21(28)22(29)10-15/h5-11,13H,14H2,1-4H3,(H,31,37)(H,34,36)/b17-11+. The van der Waals surface area contributed by atoms with Crippen molar-refractivity contribution in [1.82, 2.24) is 25.3 Å². The number of rotatable bonds is 5. The van der Waals surface area contributed by atoms with Crippen LogP contribution in [0.4, 0.5) is 13.6 Å². The van der Waals surface area contributed by atoms with Gasteiger partial charge in [-0.25, -0.2) is 18.7 Å². The van der Waals surface area contributed by atoms with Crippen molar-refractivity contribution in [3.05, 3.63) is 81.5 Å². The van der Waals surface area contributed by atoms with E-state index in [0.29, 0.717) is 33.3 Å². The smallest absolute Gasteiger partial charge is 0.407 e. The van der Waals surface area contributed by atoms with E-state index in [1.54, 1.807) is 52.2 Å². The maximum atomic E-state index is 13.8. The van der Waals surface area contributed by atoms with Gasteiger partial charge in [-0.15, -0.1) is 0 Å². The molecule has 0 fully saturated rings. The first kappa shape index (κ1) is 26.2. The predicted molar refractivity (Wildman–Crippen MR) is 137 cm³/mol. The van der Waals surface area contributed by atoms with Crippen LogP contribution in [-0.4, -0.2) is 31.7 Å². The largest absolute Gasteiger partial charge is 0.444 e. The molecule has 0 aliphatic rings. The second kappa shape index (κ2) is 10.3. The van der Waals surface area contributed by atoms with Crippen LogP contribution in [0.3, 0.4) is 0 Å². The third-order valence-corrected chi connectivity index (χ3v) is 5.59. The number of benzene rings is 2. The third kappa shape index (κ3) is 5.59. The Morgan fingerprint density at radius 1 is 1.18 bits per heavy atom. The molecule has 0 spiro atoms. The number of carbonyl (C=O) groups excluding carboxylic acids is 1. The van der Waals surface area contributed by atoms with E-state index in [9.17, 15) is 23.6 Å². The van der Waals surface area contributed by atoms with E-state index in [0.717, 1.165) is 12.1 Å². The zero-order valence-electron chi connectivity index (χ0n) is 21.1. The fraction of sp³-hybridized carbons (Fsp3) is 0.222. The number of nitrogens with zero attached hydrogens (tertiary/aromatic N) is 4. The van der Waals surface area contributed by atoms with Crippen LogP contribution in [0, 0.1) is 23.0 Å². The van der Waals surface area contributed by atoms with Crippen molar-refractivity contribution in [2.75, 3.05) is 0 Å². The molecule has 38 heavy (non-hydrogen) atoms. The maximum Gasteiger partial charge on any atom is 0.407 e. The SMILES string of the molecule is Cn1ncc(-c2ccc3c(=O)[nH]nc(CNC(=O)OC(C)(C)C)c3c2)c1/C=C(\C#N)c1ccc(F)c(F)c1. The minimum Gasteiger partial charge on any atom is -0.444 e. The average molecular weight is 519 g/mol. The summed E-state index contributed by atoms with van der Waals surface area (Å²) < 4.78 is 34.0. The number of nitriles is 1. The van der Waals surface area contributed by atoms with Crippen molar-refractivity contribution >= 4 is 28.5 Å². The molecule has 0 bridgehead atoms. The lowest BCUT2D eigenvalue weighted by molar-refractivity contribution is 0.0523. The van der Waals surface area contributed by atoms with Crippen molar-refractivity contribution in [2.45, 2.75) is 32.9 Å². The zero-order chi connectivity index (χ0) is 27.6. The van der Waals surface area contributed by atoms with Gasteiger partial charge >= 0.3 is 6.09 Å². The van der Waals surface area contributed by atoms with E-state index in [2.05, 4.69) is 20.6 Å². The van der Waals surface area contributed by atoms with Crippen molar-refractivity contribution in [2.24, 2.45) is 7.05 Å². The van der Waals surface area contributed by atoms with Gasteiger partial charge in [-0.1, -0.05) is 12.1 Å². The van der Waals surface area contributed by atoms with Crippen LogP contribution in [-0.2, 0) is 18.3 Å². The summed E-state index contributed by atoms with van der Waals surface area (Å²) in [4.78, 5) is 24.6. The molecule has 0 aliphatic carbocycles. The number of H-pyrrole nitrogens is 1. The lowest BCUT2D eigenvalue weighted by atomic mass is 9.99. The molecule has 2 aromatic carbocycles. The molecular formula is C27H24F2N6O3. The number of aromatic amines is 1. The highest BCUT2D eigenvalue weighted by molar-refractivity contribution is 5.94. The first-order chi connectivity index (χ1) is 18.0. The Balaban J connectivity index is 1.75. The number of aromatic nitrogens is 4. The number of carbonyl (C=O) groups is 1. The van der Waals surface area contributed by atoms with Crippen LogP contribution in [0.2, 0.25) is 0 Å². The fourth-order valence-corrected chi connectivity index (χ4v) is 3.81. The summed E-state index contributed by atoms with van der Waals surface area (Å²) in [5.74, 6) is -2.07.